The molecule has 11 nitrogen and oxygen atoms in total. The average Bonchev–Trinajstić information content (AvgIpc) is 3.12. The van der Waals surface area contributed by atoms with Gasteiger partial charge in [-0.05, 0) is 23.1 Å². The Kier molecular flexibility index (Phi) is 5.93. The van der Waals surface area contributed by atoms with Crippen LogP contribution >= 0.6 is 11.6 Å². The summed E-state index contributed by atoms with van der Waals surface area (Å²) < 4.78 is 33.1. The summed E-state index contributed by atoms with van der Waals surface area (Å²) in [5.41, 5.74) is 0.225. The summed E-state index contributed by atoms with van der Waals surface area (Å²) in [5, 5.41) is 16.8. The van der Waals surface area contributed by atoms with E-state index in [2.05, 4.69) is 10.4 Å². The molecule has 0 aliphatic carbocycles. The van der Waals surface area contributed by atoms with E-state index in [0.717, 1.165) is 4.68 Å². The highest BCUT2D eigenvalue weighted by Gasteiger charge is 2.28. The van der Waals surface area contributed by atoms with Crippen molar-refractivity contribution in [1.29, 1.82) is 0 Å². The van der Waals surface area contributed by atoms with Crippen LogP contribution in [0, 0.1) is 10.1 Å². The minimum absolute atomic E-state index is 0.0344. The van der Waals surface area contributed by atoms with Crippen LogP contribution in [0.25, 0.3) is 0 Å². The first-order chi connectivity index (χ1) is 13.3. The Labute approximate surface area is 165 Å². The molecule has 1 aliphatic rings. The van der Waals surface area contributed by atoms with Crippen LogP contribution in [0.4, 0.5) is 11.5 Å². The minimum atomic E-state index is -3.84. The van der Waals surface area contributed by atoms with Crippen molar-refractivity contribution in [3.63, 3.8) is 0 Å². The van der Waals surface area contributed by atoms with Gasteiger partial charge in [0.1, 0.15) is 11.4 Å². The molecule has 1 aromatic carbocycles. The van der Waals surface area contributed by atoms with Crippen molar-refractivity contribution in [2.75, 3.05) is 31.6 Å². The number of nitrogens with one attached hydrogen (secondary N) is 1. The van der Waals surface area contributed by atoms with Gasteiger partial charge in [0, 0.05) is 18.8 Å². The third kappa shape index (κ3) is 4.47. The van der Waals surface area contributed by atoms with Crippen molar-refractivity contribution in [3.8, 4) is 0 Å². The molecule has 0 bridgehead atoms. The first-order valence-corrected chi connectivity index (χ1v) is 9.94. The Balaban J connectivity index is 1.75. The Morgan fingerprint density at radius 3 is 2.68 bits per heavy atom. The van der Waals surface area contributed by atoms with E-state index in [1.807, 2.05) is 0 Å². The lowest BCUT2D eigenvalue weighted by Gasteiger charge is -2.26. The van der Waals surface area contributed by atoms with Gasteiger partial charge in [0.25, 0.3) is 0 Å². The van der Waals surface area contributed by atoms with Crippen molar-refractivity contribution in [2.45, 2.75) is 11.4 Å². The van der Waals surface area contributed by atoms with E-state index in [0.29, 0.717) is 13.2 Å². The number of rotatable bonds is 6. The van der Waals surface area contributed by atoms with Gasteiger partial charge in [-0.2, -0.15) is 8.99 Å². The number of nitrogens with zero attached hydrogens (tertiary/aromatic N) is 4. The molecule has 2 aromatic rings. The predicted molar refractivity (Wildman–Crippen MR) is 98.5 cm³/mol. The SMILES string of the molecule is O=C(Cn1ccc([N+](=O)[O-])n1)Nc1ccc(Cl)c(S(=O)(=O)N2CCOCC2)c1. The second-order valence-electron chi connectivity index (χ2n) is 5.84. The Bertz CT molecular complexity index is 1000. The van der Waals surface area contributed by atoms with E-state index in [1.165, 1.54) is 34.8 Å². The van der Waals surface area contributed by atoms with Crippen molar-refractivity contribution in [2.24, 2.45) is 0 Å². The zero-order valence-corrected chi connectivity index (χ0v) is 16.0. The lowest BCUT2D eigenvalue weighted by molar-refractivity contribution is -0.389. The van der Waals surface area contributed by atoms with Gasteiger partial charge in [-0.15, -0.1) is 0 Å². The lowest BCUT2D eigenvalue weighted by Crippen LogP contribution is -2.40. The number of nitro groups is 1. The van der Waals surface area contributed by atoms with Crippen molar-refractivity contribution in [3.05, 3.63) is 45.6 Å². The topological polar surface area (TPSA) is 137 Å². The van der Waals surface area contributed by atoms with Crippen LogP contribution in [0.5, 0.6) is 0 Å². The molecule has 2 heterocycles. The maximum Gasteiger partial charge on any atom is 0.389 e. The van der Waals surface area contributed by atoms with Crippen LogP contribution in [0.2, 0.25) is 5.02 Å². The third-order valence-electron chi connectivity index (χ3n) is 3.92. The zero-order valence-electron chi connectivity index (χ0n) is 14.4. The summed E-state index contributed by atoms with van der Waals surface area (Å²) >= 11 is 6.07. The van der Waals surface area contributed by atoms with Gasteiger partial charge >= 0.3 is 5.82 Å². The molecule has 13 heteroatoms. The molecule has 1 aliphatic heterocycles. The van der Waals surface area contributed by atoms with Crippen LogP contribution in [0.1, 0.15) is 0 Å². The summed E-state index contributed by atoms with van der Waals surface area (Å²) in [4.78, 5) is 22.0. The lowest BCUT2D eigenvalue weighted by atomic mass is 10.3. The highest BCUT2D eigenvalue weighted by atomic mass is 35.5. The number of ether oxygens (including phenoxy) is 1. The largest absolute Gasteiger partial charge is 0.389 e. The van der Waals surface area contributed by atoms with Gasteiger partial charge in [-0.3, -0.25) is 4.79 Å². The molecule has 1 amide bonds. The Hall–Kier alpha value is -2.54. The maximum absolute atomic E-state index is 12.8. The molecule has 1 N–H and O–H groups in total. The summed E-state index contributed by atoms with van der Waals surface area (Å²) in [7, 11) is -3.84. The Morgan fingerprint density at radius 1 is 1.32 bits per heavy atom. The van der Waals surface area contributed by atoms with Crippen LogP contribution in [-0.2, 0) is 26.1 Å². The van der Waals surface area contributed by atoms with Gasteiger partial charge in [-0.1, -0.05) is 11.6 Å². The summed E-state index contributed by atoms with van der Waals surface area (Å²) in [6, 6.07) is 5.28. The smallest absolute Gasteiger partial charge is 0.379 e. The molecular weight excluding hydrogens is 414 g/mol. The monoisotopic (exact) mass is 429 g/mol. The molecule has 150 valence electrons. The quantitative estimate of drug-likeness (QED) is 0.536. The van der Waals surface area contributed by atoms with Crippen LogP contribution < -0.4 is 5.32 Å². The average molecular weight is 430 g/mol. The Morgan fingerprint density at radius 2 is 2.04 bits per heavy atom. The van der Waals surface area contributed by atoms with Crippen molar-refractivity contribution >= 4 is 39.0 Å². The number of morpholine rings is 1. The molecule has 1 fully saturated rings. The second-order valence-corrected chi connectivity index (χ2v) is 8.15. The van der Waals surface area contributed by atoms with E-state index in [4.69, 9.17) is 16.3 Å². The predicted octanol–water partition coefficient (Wildman–Crippen LogP) is 1.10. The fourth-order valence-corrected chi connectivity index (χ4v) is 4.50. The second kappa shape index (κ2) is 8.22. The highest BCUT2D eigenvalue weighted by Crippen LogP contribution is 2.28. The molecular formula is C15H16ClN5O6S. The van der Waals surface area contributed by atoms with Crippen molar-refractivity contribution in [1.82, 2.24) is 14.1 Å². The standard InChI is InChI=1S/C15H16ClN5O6S/c16-12-2-1-11(9-13(12)28(25,26)20-5-7-27-8-6-20)17-15(22)10-19-4-3-14(18-19)21(23)24/h1-4,9H,5-8,10H2,(H,17,22). The molecule has 0 spiro atoms. The number of halogens is 1. The first kappa shape index (κ1) is 20.2. The normalized spacial score (nSPS) is 15.3. The number of amides is 1. The van der Waals surface area contributed by atoms with E-state index >= 15 is 0 Å². The molecule has 0 unspecified atom stereocenters. The summed E-state index contributed by atoms with van der Waals surface area (Å²) in [6.45, 7) is 0.745. The highest BCUT2D eigenvalue weighted by molar-refractivity contribution is 7.89. The summed E-state index contributed by atoms with van der Waals surface area (Å²) in [5.74, 6) is -0.909. The third-order valence-corrected chi connectivity index (χ3v) is 6.30. The molecule has 0 saturated carbocycles. The molecule has 0 radical (unpaired) electrons. The van der Waals surface area contributed by atoms with E-state index in [-0.39, 0.29) is 41.1 Å². The number of hydrogen-bond acceptors (Lipinski definition) is 7. The van der Waals surface area contributed by atoms with E-state index < -0.39 is 20.9 Å². The fraction of sp³-hybridized carbons (Fsp3) is 0.333. The van der Waals surface area contributed by atoms with Gasteiger partial charge in [0.15, 0.2) is 0 Å². The summed E-state index contributed by atoms with van der Waals surface area (Å²) in [6.07, 6.45) is 1.30. The van der Waals surface area contributed by atoms with Crippen LogP contribution in [0.15, 0.2) is 35.4 Å². The van der Waals surface area contributed by atoms with E-state index in [1.54, 1.807) is 0 Å². The minimum Gasteiger partial charge on any atom is -0.379 e. The number of anilines is 1. The number of benzene rings is 1. The van der Waals surface area contributed by atoms with Crippen LogP contribution in [-0.4, -0.2) is 59.6 Å². The zero-order chi connectivity index (χ0) is 20.3. The number of carbonyl (C=O) groups excluding carboxylic acids is 1. The molecule has 1 aromatic heterocycles. The van der Waals surface area contributed by atoms with Gasteiger partial charge in [0.2, 0.25) is 15.9 Å². The fourth-order valence-electron chi connectivity index (χ4n) is 2.59. The number of hydrogen-bond donors (Lipinski definition) is 1. The van der Waals surface area contributed by atoms with Gasteiger partial charge < -0.3 is 20.2 Å². The van der Waals surface area contributed by atoms with Crippen LogP contribution in [0.3, 0.4) is 0 Å². The van der Waals surface area contributed by atoms with Crippen molar-refractivity contribution < 1.29 is 22.9 Å². The number of carbonyl (C=O) groups is 1. The first-order valence-electron chi connectivity index (χ1n) is 8.12. The molecule has 28 heavy (non-hydrogen) atoms. The van der Waals surface area contributed by atoms with Gasteiger partial charge in [0.05, 0.1) is 35.6 Å². The van der Waals surface area contributed by atoms with E-state index in [9.17, 15) is 23.3 Å². The molecule has 3 rings (SSSR count). The molecule has 1 saturated heterocycles. The maximum atomic E-state index is 12.8. The van der Waals surface area contributed by atoms with Gasteiger partial charge in [-0.25, -0.2) is 8.42 Å². The molecule has 0 atom stereocenters. The number of aromatic nitrogens is 2. The number of sulfonamides is 1.